The highest BCUT2D eigenvalue weighted by atomic mass is 16.5. The lowest BCUT2D eigenvalue weighted by Crippen LogP contribution is -2.06. The zero-order valence-corrected chi connectivity index (χ0v) is 5.72. The van der Waals surface area contributed by atoms with Crippen LogP contribution in [0.4, 0.5) is 0 Å². The largest absolute Gasteiger partial charge is 0.500 e. The van der Waals surface area contributed by atoms with Crippen LogP contribution in [0, 0.1) is 5.92 Å². The molecule has 1 radical (unpaired) electrons. The predicted octanol–water partition coefficient (Wildman–Crippen LogP) is 1.20. The van der Waals surface area contributed by atoms with Crippen molar-refractivity contribution in [1.29, 1.82) is 0 Å². The van der Waals surface area contributed by atoms with Crippen LogP contribution < -0.4 is 0 Å². The highest BCUT2D eigenvalue weighted by Crippen LogP contribution is 2.15. The third kappa shape index (κ3) is 1.31. The van der Waals surface area contributed by atoms with Crippen LogP contribution in [0.15, 0.2) is 16.8 Å². The molecule has 0 saturated heterocycles. The Bertz CT molecular complexity index is 149. The Kier molecular flexibility index (Phi) is 1.88. The molecule has 0 saturated carbocycles. The quantitative estimate of drug-likeness (QED) is 0.514. The van der Waals surface area contributed by atoms with Crippen molar-refractivity contribution in [1.82, 2.24) is 0 Å². The topological polar surface area (TPSA) is 21.6 Å². The number of allylic oxidation sites excluding steroid dienone is 1. The minimum absolute atomic E-state index is 0.777. The lowest BCUT2D eigenvalue weighted by atomic mass is 10.1. The van der Waals surface area contributed by atoms with Gasteiger partial charge in [0.25, 0.3) is 0 Å². The average molecular weight is 124 g/mol. The minimum atomic E-state index is 0.777. The fourth-order valence-corrected chi connectivity index (χ4v) is 0.772. The van der Waals surface area contributed by atoms with E-state index in [2.05, 4.69) is 4.99 Å². The maximum absolute atomic E-state index is 5.04. The summed E-state index contributed by atoms with van der Waals surface area (Å²) in [6.07, 6.45) is 3.64. The van der Waals surface area contributed by atoms with E-state index in [0.29, 0.717) is 0 Å². The molecular weight excluding hydrogens is 114 g/mol. The molecule has 0 fully saturated rings. The Balaban J connectivity index is 2.63. The molecule has 1 aliphatic rings. The summed E-state index contributed by atoms with van der Waals surface area (Å²) in [5, 5.41) is 0. The van der Waals surface area contributed by atoms with Gasteiger partial charge in [0, 0.05) is 6.21 Å². The maximum atomic E-state index is 5.04. The van der Waals surface area contributed by atoms with E-state index in [4.69, 9.17) is 4.74 Å². The molecule has 2 heteroatoms. The van der Waals surface area contributed by atoms with E-state index < -0.39 is 0 Å². The molecule has 0 N–H and O–H groups in total. The van der Waals surface area contributed by atoms with Crippen LogP contribution in [0.25, 0.3) is 0 Å². The van der Waals surface area contributed by atoms with Crippen LogP contribution in [-0.4, -0.2) is 19.9 Å². The third-order valence-corrected chi connectivity index (χ3v) is 1.30. The van der Waals surface area contributed by atoms with E-state index in [1.54, 1.807) is 13.3 Å². The highest BCUT2D eigenvalue weighted by molar-refractivity contribution is 5.74. The Labute approximate surface area is 55.2 Å². The van der Waals surface area contributed by atoms with Gasteiger partial charge in [-0.3, -0.25) is 4.99 Å². The van der Waals surface area contributed by atoms with Gasteiger partial charge in [-0.05, 0) is 13.0 Å². The summed E-state index contributed by atoms with van der Waals surface area (Å²) in [4.78, 5) is 4.04. The molecule has 1 aliphatic heterocycles. The summed E-state index contributed by atoms with van der Waals surface area (Å²) >= 11 is 0. The molecule has 0 bridgehead atoms. The first kappa shape index (κ1) is 6.33. The molecule has 0 atom stereocenters. The normalized spacial score (nSPS) is 19.6. The summed E-state index contributed by atoms with van der Waals surface area (Å²) < 4.78 is 5.04. The van der Waals surface area contributed by atoms with Gasteiger partial charge in [0.05, 0.1) is 19.6 Å². The fourth-order valence-electron chi connectivity index (χ4n) is 0.772. The zero-order valence-electron chi connectivity index (χ0n) is 5.72. The lowest BCUT2D eigenvalue weighted by Gasteiger charge is -2.13. The zero-order chi connectivity index (χ0) is 6.69. The van der Waals surface area contributed by atoms with Crippen molar-refractivity contribution < 1.29 is 4.74 Å². The van der Waals surface area contributed by atoms with E-state index in [1.165, 1.54) is 5.92 Å². The van der Waals surface area contributed by atoms with Crippen LogP contribution in [0.3, 0.4) is 0 Å². The van der Waals surface area contributed by atoms with E-state index in [0.717, 1.165) is 12.3 Å². The number of hydrogen-bond donors (Lipinski definition) is 0. The van der Waals surface area contributed by atoms with Crippen LogP contribution in [-0.2, 0) is 4.74 Å². The van der Waals surface area contributed by atoms with Gasteiger partial charge < -0.3 is 4.74 Å². The summed E-state index contributed by atoms with van der Waals surface area (Å²) in [5.74, 6) is 2.14. The van der Waals surface area contributed by atoms with Crippen molar-refractivity contribution in [3.05, 3.63) is 17.8 Å². The summed E-state index contributed by atoms with van der Waals surface area (Å²) in [5.41, 5.74) is 0. The van der Waals surface area contributed by atoms with Crippen molar-refractivity contribution >= 4 is 6.21 Å². The molecular formula is C7H10NO. The second-order valence-corrected chi connectivity index (χ2v) is 2.01. The first-order chi connectivity index (χ1) is 4.34. The Morgan fingerprint density at radius 3 is 2.89 bits per heavy atom. The van der Waals surface area contributed by atoms with Crippen LogP contribution in [0.2, 0.25) is 0 Å². The van der Waals surface area contributed by atoms with Crippen molar-refractivity contribution in [3.8, 4) is 0 Å². The SMILES string of the molecule is COC1=CC=NC[C]1C. The van der Waals surface area contributed by atoms with Gasteiger partial charge in [0.1, 0.15) is 5.76 Å². The number of rotatable bonds is 1. The van der Waals surface area contributed by atoms with E-state index in [-0.39, 0.29) is 0 Å². The Hall–Kier alpha value is -0.790. The smallest absolute Gasteiger partial charge is 0.106 e. The fraction of sp³-hybridized carbons (Fsp3) is 0.429. The second-order valence-electron chi connectivity index (χ2n) is 2.01. The average Bonchev–Trinajstić information content (AvgIpc) is 1.89. The number of dihydropyridines is 1. The van der Waals surface area contributed by atoms with Crippen LogP contribution >= 0.6 is 0 Å². The standard InChI is InChI=1S/C7H10NO/c1-6-5-8-4-3-7(6)9-2/h3-4H,5H2,1-2H3. The first-order valence-corrected chi connectivity index (χ1v) is 2.91. The van der Waals surface area contributed by atoms with E-state index in [9.17, 15) is 0 Å². The van der Waals surface area contributed by atoms with Crippen molar-refractivity contribution in [3.63, 3.8) is 0 Å². The lowest BCUT2D eigenvalue weighted by molar-refractivity contribution is 0.288. The van der Waals surface area contributed by atoms with Crippen molar-refractivity contribution in [2.24, 2.45) is 4.99 Å². The van der Waals surface area contributed by atoms with Crippen LogP contribution in [0.5, 0.6) is 0 Å². The van der Waals surface area contributed by atoms with Gasteiger partial charge in [-0.25, -0.2) is 0 Å². The van der Waals surface area contributed by atoms with Gasteiger partial charge in [-0.15, -0.1) is 0 Å². The monoisotopic (exact) mass is 124 g/mol. The first-order valence-electron chi connectivity index (χ1n) is 2.91. The molecule has 1 rings (SSSR count). The van der Waals surface area contributed by atoms with Gasteiger partial charge in [-0.1, -0.05) is 0 Å². The molecule has 0 aromatic carbocycles. The van der Waals surface area contributed by atoms with Gasteiger partial charge in [0.2, 0.25) is 0 Å². The number of aliphatic imine (C=N–C) groups is 1. The highest BCUT2D eigenvalue weighted by Gasteiger charge is 2.10. The Morgan fingerprint density at radius 2 is 2.44 bits per heavy atom. The molecule has 0 unspecified atom stereocenters. The van der Waals surface area contributed by atoms with E-state index >= 15 is 0 Å². The summed E-state index contributed by atoms with van der Waals surface area (Å²) in [6, 6.07) is 0. The molecule has 0 aliphatic carbocycles. The molecule has 49 valence electrons. The summed E-state index contributed by atoms with van der Waals surface area (Å²) in [6.45, 7) is 2.80. The van der Waals surface area contributed by atoms with Gasteiger partial charge >= 0.3 is 0 Å². The second kappa shape index (κ2) is 2.67. The number of nitrogens with zero attached hydrogens (tertiary/aromatic N) is 1. The number of methoxy groups -OCH3 is 1. The molecule has 0 aromatic heterocycles. The van der Waals surface area contributed by atoms with Crippen molar-refractivity contribution in [2.75, 3.05) is 13.7 Å². The number of ether oxygens (including phenoxy) is 1. The summed E-state index contributed by atoms with van der Waals surface area (Å²) in [7, 11) is 1.68. The molecule has 0 spiro atoms. The molecule has 0 aromatic rings. The van der Waals surface area contributed by atoms with Gasteiger partial charge in [0.15, 0.2) is 0 Å². The van der Waals surface area contributed by atoms with E-state index in [1.807, 2.05) is 13.0 Å². The molecule has 2 nitrogen and oxygen atoms in total. The van der Waals surface area contributed by atoms with Crippen LogP contribution in [0.1, 0.15) is 6.92 Å². The predicted molar refractivity (Wildman–Crippen MR) is 37.4 cm³/mol. The molecule has 1 heterocycles. The molecule has 9 heavy (non-hydrogen) atoms. The minimum Gasteiger partial charge on any atom is -0.500 e. The maximum Gasteiger partial charge on any atom is 0.106 e. The Morgan fingerprint density at radius 1 is 1.67 bits per heavy atom. The van der Waals surface area contributed by atoms with Gasteiger partial charge in [-0.2, -0.15) is 0 Å². The van der Waals surface area contributed by atoms with Crippen molar-refractivity contribution in [2.45, 2.75) is 6.92 Å². The number of hydrogen-bond acceptors (Lipinski definition) is 2. The molecule has 0 amide bonds. The third-order valence-electron chi connectivity index (χ3n) is 1.30.